The maximum atomic E-state index is 11.7. The fourth-order valence-electron chi connectivity index (χ4n) is 1.60. The number of nitrogens with two attached hydrogens (primary N) is 1. The maximum Gasteiger partial charge on any atom is 0.239 e. The van der Waals surface area contributed by atoms with E-state index in [0.29, 0.717) is 24.0 Å². The number of hydrogen-bond donors (Lipinski definition) is 2. The van der Waals surface area contributed by atoms with Crippen LogP contribution in [-0.4, -0.2) is 36.0 Å². The van der Waals surface area contributed by atoms with Gasteiger partial charge in [-0.05, 0) is 6.42 Å². The lowest BCUT2D eigenvalue weighted by molar-refractivity contribution is -0.119. The Morgan fingerprint density at radius 2 is 2.05 bits per heavy atom. The zero-order chi connectivity index (χ0) is 15.3. The molecule has 0 aliphatic heterocycles. The number of amides is 1. The number of aromatic nitrogens is 2. The van der Waals surface area contributed by atoms with E-state index in [1.807, 2.05) is 34.7 Å². The van der Waals surface area contributed by atoms with E-state index >= 15 is 0 Å². The first-order valence-corrected chi connectivity index (χ1v) is 6.87. The number of rotatable bonds is 5. The lowest BCUT2D eigenvalue weighted by Crippen LogP contribution is -2.36. The van der Waals surface area contributed by atoms with Gasteiger partial charge in [-0.15, -0.1) is 0 Å². The molecule has 0 spiro atoms. The smallest absolute Gasteiger partial charge is 0.239 e. The van der Waals surface area contributed by atoms with Gasteiger partial charge in [0.2, 0.25) is 5.91 Å². The Morgan fingerprint density at radius 3 is 2.60 bits per heavy atom. The highest BCUT2D eigenvalue weighted by Crippen LogP contribution is 2.22. The van der Waals surface area contributed by atoms with E-state index in [0.717, 1.165) is 6.42 Å². The number of carbonyl (C=O) groups excluding carboxylic acids is 1. The molecule has 1 rings (SSSR count). The van der Waals surface area contributed by atoms with Crippen molar-refractivity contribution in [1.82, 2.24) is 15.3 Å². The van der Waals surface area contributed by atoms with Gasteiger partial charge in [0.25, 0.3) is 0 Å². The number of hydrogen-bond acceptors (Lipinski definition) is 5. The Kier molecular flexibility index (Phi) is 5.30. The molecule has 1 heterocycles. The number of nitrogens with zero attached hydrogens (tertiary/aromatic N) is 3. The molecule has 6 nitrogen and oxygen atoms in total. The molecule has 0 unspecified atom stereocenters. The van der Waals surface area contributed by atoms with Crippen LogP contribution in [0.25, 0.3) is 0 Å². The van der Waals surface area contributed by atoms with Crippen molar-refractivity contribution < 1.29 is 4.79 Å². The summed E-state index contributed by atoms with van der Waals surface area (Å²) < 4.78 is 0. The number of nitrogen functional groups attached to an aromatic ring is 1. The minimum absolute atomic E-state index is 0.0242. The van der Waals surface area contributed by atoms with Crippen molar-refractivity contribution in [2.24, 2.45) is 0 Å². The number of nitrogens with one attached hydrogen (secondary N) is 1. The van der Waals surface area contributed by atoms with Crippen LogP contribution in [0.15, 0.2) is 6.07 Å². The Hall–Kier alpha value is -1.85. The molecule has 3 N–H and O–H groups in total. The Bertz CT molecular complexity index is 467. The van der Waals surface area contributed by atoms with Crippen molar-refractivity contribution in [3.8, 4) is 0 Å². The van der Waals surface area contributed by atoms with Crippen molar-refractivity contribution in [3.63, 3.8) is 0 Å². The van der Waals surface area contributed by atoms with Gasteiger partial charge in [0.1, 0.15) is 17.5 Å². The highest BCUT2D eigenvalue weighted by Gasteiger charge is 2.20. The minimum Gasteiger partial charge on any atom is -0.384 e. The van der Waals surface area contributed by atoms with Crippen molar-refractivity contribution >= 4 is 17.5 Å². The van der Waals surface area contributed by atoms with Gasteiger partial charge in [-0.25, -0.2) is 9.97 Å². The van der Waals surface area contributed by atoms with E-state index in [1.165, 1.54) is 0 Å². The van der Waals surface area contributed by atoms with Crippen molar-refractivity contribution in [3.05, 3.63) is 11.9 Å². The van der Waals surface area contributed by atoms with Crippen molar-refractivity contribution in [2.75, 3.05) is 30.8 Å². The summed E-state index contributed by atoms with van der Waals surface area (Å²) in [4.78, 5) is 22.2. The number of carbonyl (C=O) groups is 1. The van der Waals surface area contributed by atoms with Gasteiger partial charge < -0.3 is 16.0 Å². The van der Waals surface area contributed by atoms with Crippen LogP contribution in [0, 0.1) is 0 Å². The van der Waals surface area contributed by atoms with Crippen LogP contribution < -0.4 is 16.0 Å². The van der Waals surface area contributed by atoms with Gasteiger partial charge in [0, 0.05) is 25.1 Å². The molecule has 0 atom stereocenters. The van der Waals surface area contributed by atoms with Crippen LogP contribution >= 0.6 is 0 Å². The van der Waals surface area contributed by atoms with Crippen LogP contribution in [0.4, 0.5) is 11.6 Å². The molecule has 0 bridgehead atoms. The standard InChI is InChI=1S/C14H25N5O/c1-6-7-16-12(20)9-19(5)11-8-10(15)17-13(18-11)14(2,3)4/h8H,6-7,9H2,1-5H3,(H,16,20)(H2,15,17,18). The molecule has 1 amide bonds. The van der Waals surface area contributed by atoms with Crippen LogP contribution in [0.3, 0.4) is 0 Å². The molecular weight excluding hydrogens is 254 g/mol. The van der Waals surface area contributed by atoms with Crippen LogP contribution in [0.5, 0.6) is 0 Å². The molecule has 0 radical (unpaired) electrons. The average molecular weight is 279 g/mol. The second kappa shape index (κ2) is 6.54. The molecule has 0 aliphatic rings. The number of likely N-dealkylation sites (N-methyl/N-ethyl adjacent to an activating group) is 1. The molecule has 20 heavy (non-hydrogen) atoms. The zero-order valence-corrected chi connectivity index (χ0v) is 13.0. The van der Waals surface area contributed by atoms with Gasteiger partial charge >= 0.3 is 0 Å². The lowest BCUT2D eigenvalue weighted by atomic mass is 9.96. The van der Waals surface area contributed by atoms with Gasteiger partial charge in [0.15, 0.2) is 0 Å². The summed E-state index contributed by atoms with van der Waals surface area (Å²) in [5, 5.41) is 2.84. The molecule has 0 fully saturated rings. The second-order valence-electron chi connectivity index (χ2n) is 5.93. The minimum atomic E-state index is -0.185. The molecule has 0 aliphatic carbocycles. The SMILES string of the molecule is CCCNC(=O)CN(C)c1cc(N)nc(C(C)(C)C)n1. The summed E-state index contributed by atoms with van der Waals surface area (Å²) in [6.45, 7) is 9.04. The molecular formula is C14H25N5O. The Morgan fingerprint density at radius 1 is 1.40 bits per heavy atom. The van der Waals surface area contributed by atoms with E-state index in [9.17, 15) is 4.79 Å². The van der Waals surface area contributed by atoms with Crippen LogP contribution in [0.2, 0.25) is 0 Å². The molecule has 0 aromatic carbocycles. The Labute approximate surface area is 120 Å². The first kappa shape index (κ1) is 16.2. The third kappa shape index (κ3) is 4.68. The first-order chi connectivity index (χ1) is 9.24. The third-order valence-corrected chi connectivity index (χ3v) is 2.75. The lowest BCUT2D eigenvalue weighted by Gasteiger charge is -2.22. The van der Waals surface area contributed by atoms with Crippen molar-refractivity contribution in [1.29, 1.82) is 0 Å². The summed E-state index contributed by atoms with van der Waals surface area (Å²) in [6.07, 6.45) is 0.921. The van der Waals surface area contributed by atoms with Crippen LogP contribution in [-0.2, 0) is 10.2 Å². The summed E-state index contributed by atoms with van der Waals surface area (Å²) >= 11 is 0. The average Bonchev–Trinajstić information content (AvgIpc) is 2.34. The van der Waals surface area contributed by atoms with Gasteiger partial charge in [-0.1, -0.05) is 27.7 Å². The normalized spacial score (nSPS) is 11.2. The monoisotopic (exact) mass is 279 g/mol. The van der Waals surface area contributed by atoms with Crippen molar-refractivity contribution in [2.45, 2.75) is 39.5 Å². The molecule has 0 saturated heterocycles. The largest absolute Gasteiger partial charge is 0.384 e. The quantitative estimate of drug-likeness (QED) is 0.849. The maximum absolute atomic E-state index is 11.7. The van der Waals surface area contributed by atoms with Gasteiger partial charge in [0.05, 0.1) is 6.54 Å². The van der Waals surface area contributed by atoms with E-state index in [2.05, 4.69) is 15.3 Å². The molecule has 112 valence electrons. The van der Waals surface area contributed by atoms with Gasteiger partial charge in [-0.2, -0.15) is 0 Å². The fraction of sp³-hybridized carbons (Fsp3) is 0.643. The van der Waals surface area contributed by atoms with E-state index in [-0.39, 0.29) is 17.9 Å². The van der Waals surface area contributed by atoms with E-state index < -0.39 is 0 Å². The summed E-state index contributed by atoms with van der Waals surface area (Å²) in [5.74, 6) is 1.73. The molecule has 1 aromatic heterocycles. The molecule has 1 aromatic rings. The fourth-order valence-corrected chi connectivity index (χ4v) is 1.60. The number of anilines is 2. The summed E-state index contributed by atoms with van der Waals surface area (Å²) in [6, 6.07) is 1.68. The highest BCUT2D eigenvalue weighted by molar-refractivity contribution is 5.80. The topological polar surface area (TPSA) is 84.1 Å². The Balaban J connectivity index is 2.85. The summed E-state index contributed by atoms with van der Waals surface area (Å²) in [5.41, 5.74) is 5.64. The predicted molar refractivity (Wildman–Crippen MR) is 81.7 cm³/mol. The third-order valence-electron chi connectivity index (χ3n) is 2.75. The molecule has 0 saturated carbocycles. The van der Waals surface area contributed by atoms with E-state index in [1.54, 1.807) is 11.0 Å². The first-order valence-electron chi connectivity index (χ1n) is 6.87. The van der Waals surface area contributed by atoms with E-state index in [4.69, 9.17) is 5.73 Å². The highest BCUT2D eigenvalue weighted by atomic mass is 16.2. The van der Waals surface area contributed by atoms with Crippen LogP contribution in [0.1, 0.15) is 39.9 Å². The second-order valence-corrected chi connectivity index (χ2v) is 5.93. The summed E-state index contributed by atoms with van der Waals surface area (Å²) in [7, 11) is 1.82. The zero-order valence-electron chi connectivity index (χ0n) is 13.0. The van der Waals surface area contributed by atoms with Gasteiger partial charge in [-0.3, -0.25) is 4.79 Å². The molecule has 6 heteroatoms. The predicted octanol–water partition coefficient (Wildman–Crippen LogP) is 1.32.